The minimum absolute atomic E-state index is 0.258. The summed E-state index contributed by atoms with van der Waals surface area (Å²) in [5, 5.41) is 18.2. The van der Waals surface area contributed by atoms with Crippen molar-refractivity contribution in [1.29, 1.82) is 0 Å². The van der Waals surface area contributed by atoms with Gasteiger partial charge in [0, 0.05) is 32.6 Å². The van der Waals surface area contributed by atoms with E-state index in [0.29, 0.717) is 26.1 Å². The van der Waals surface area contributed by atoms with Crippen LogP contribution in [0.3, 0.4) is 0 Å². The van der Waals surface area contributed by atoms with Gasteiger partial charge in [0.05, 0.1) is 10.6 Å². The predicted molar refractivity (Wildman–Crippen MR) is 66.3 cm³/mol. The lowest BCUT2D eigenvalue weighted by Crippen LogP contribution is -2.47. The molecule has 1 aliphatic rings. The van der Waals surface area contributed by atoms with Crippen LogP contribution >= 0.6 is 11.3 Å². The molecule has 2 heterocycles. The van der Waals surface area contributed by atoms with Crippen LogP contribution in [0.1, 0.15) is 12.8 Å². The van der Waals surface area contributed by atoms with Crippen molar-refractivity contribution in [2.45, 2.75) is 18.4 Å². The number of carbonyl (C=O) groups excluding carboxylic acids is 1. The van der Waals surface area contributed by atoms with Gasteiger partial charge in [0.2, 0.25) is 0 Å². The molecule has 2 rings (SSSR count). The second-order valence-corrected chi connectivity index (χ2v) is 5.07. The molecule has 1 saturated heterocycles. The first-order chi connectivity index (χ1) is 8.18. The Bertz CT molecular complexity index is 361. The van der Waals surface area contributed by atoms with Crippen molar-refractivity contribution in [2.24, 2.45) is 0 Å². The third-order valence-electron chi connectivity index (χ3n) is 2.76. The molecule has 0 unspecified atom stereocenters. The number of carbonyl (C=O) groups is 1. The topological polar surface area (TPSA) is 70.6 Å². The van der Waals surface area contributed by atoms with E-state index in [-0.39, 0.29) is 12.6 Å². The van der Waals surface area contributed by atoms with E-state index in [1.165, 1.54) is 11.3 Å². The zero-order valence-corrected chi connectivity index (χ0v) is 10.3. The molecule has 0 aromatic carbocycles. The molecule has 1 aromatic heterocycles. The third kappa shape index (κ3) is 3.69. The molecule has 0 bridgehead atoms. The summed E-state index contributed by atoms with van der Waals surface area (Å²) in [6.07, 6.45) is 1.12. The van der Waals surface area contributed by atoms with Crippen molar-refractivity contribution < 1.29 is 14.6 Å². The first kappa shape index (κ1) is 12.3. The number of urea groups is 1. The molecule has 6 heteroatoms. The van der Waals surface area contributed by atoms with Gasteiger partial charge in [0.25, 0.3) is 0 Å². The number of nitrogens with one attached hydrogen (secondary N) is 2. The monoisotopic (exact) mass is 256 g/mol. The maximum atomic E-state index is 11.5. The van der Waals surface area contributed by atoms with Crippen LogP contribution in [0, 0.1) is 0 Å². The van der Waals surface area contributed by atoms with E-state index >= 15 is 0 Å². The second-order valence-electron chi connectivity index (χ2n) is 4.12. The molecule has 0 atom stereocenters. The highest BCUT2D eigenvalue weighted by atomic mass is 32.1. The molecule has 17 heavy (non-hydrogen) atoms. The molecular formula is C11H16N2O3S. The molecule has 0 saturated carbocycles. The average molecular weight is 256 g/mol. The summed E-state index contributed by atoms with van der Waals surface area (Å²) in [6.45, 7) is 1.35. The lowest BCUT2D eigenvalue weighted by molar-refractivity contribution is -0.0598. The van der Waals surface area contributed by atoms with Crippen molar-refractivity contribution >= 4 is 22.4 Å². The van der Waals surface area contributed by atoms with Crippen LogP contribution in [0.15, 0.2) is 17.5 Å². The highest BCUT2D eigenvalue weighted by Gasteiger charge is 2.30. The molecule has 1 aliphatic heterocycles. The van der Waals surface area contributed by atoms with E-state index in [0.717, 1.165) is 5.00 Å². The number of thiophene rings is 1. The number of rotatable bonds is 3. The van der Waals surface area contributed by atoms with Crippen molar-refractivity contribution in [3.8, 4) is 0 Å². The molecular weight excluding hydrogens is 240 g/mol. The summed E-state index contributed by atoms with van der Waals surface area (Å²) in [6, 6.07) is 3.41. The normalized spacial score (nSPS) is 18.6. The lowest BCUT2D eigenvalue weighted by atomic mass is 9.94. The maximum absolute atomic E-state index is 11.5. The Kier molecular flexibility index (Phi) is 3.98. The number of hydrogen-bond donors (Lipinski definition) is 3. The van der Waals surface area contributed by atoms with Gasteiger partial charge in [-0.25, -0.2) is 4.79 Å². The molecule has 94 valence electrons. The molecule has 1 fully saturated rings. The average Bonchev–Trinajstić information content (AvgIpc) is 2.80. The van der Waals surface area contributed by atoms with Gasteiger partial charge in [-0.3, -0.25) is 5.32 Å². The first-order valence-corrected chi connectivity index (χ1v) is 6.44. The van der Waals surface area contributed by atoms with Crippen LogP contribution in [0.4, 0.5) is 9.80 Å². The SMILES string of the molecule is O=C(NCC1(O)CCOCC1)Nc1cccs1. The summed E-state index contributed by atoms with van der Waals surface area (Å²) in [5.74, 6) is 0. The molecule has 0 aliphatic carbocycles. The van der Waals surface area contributed by atoms with E-state index < -0.39 is 5.60 Å². The van der Waals surface area contributed by atoms with Crippen LogP contribution < -0.4 is 10.6 Å². The number of hydrogen-bond acceptors (Lipinski definition) is 4. The van der Waals surface area contributed by atoms with Crippen LogP contribution in [0.25, 0.3) is 0 Å². The van der Waals surface area contributed by atoms with Crippen molar-refractivity contribution in [3.05, 3.63) is 17.5 Å². The van der Waals surface area contributed by atoms with Gasteiger partial charge in [-0.1, -0.05) is 0 Å². The number of anilines is 1. The fraction of sp³-hybridized carbons (Fsp3) is 0.545. The summed E-state index contributed by atoms with van der Waals surface area (Å²) < 4.78 is 5.17. The van der Waals surface area contributed by atoms with Gasteiger partial charge < -0.3 is 15.2 Å². The van der Waals surface area contributed by atoms with Gasteiger partial charge in [0.15, 0.2) is 0 Å². The van der Waals surface area contributed by atoms with Crippen LogP contribution in [-0.2, 0) is 4.74 Å². The Labute approximate surface area is 104 Å². The van der Waals surface area contributed by atoms with Crippen molar-refractivity contribution in [1.82, 2.24) is 5.32 Å². The molecule has 5 nitrogen and oxygen atoms in total. The maximum Gasteiger partial charge on any atom is 0.319 e. The molecule has 1 aromatic rings. The van der Waals surface area contributed by atoms with E-state index in [9.17, 15) is 9.90 Å². The highest BCUT2D eigenvalue weighted by molar-refractivity contribution is 7.14. The highest BCUT2D eigenvalue weighted by Crippen LogP contribution is 2.19. The summed E-state index contributed by atoms with van der Waals surface area (Å²) in [4.78, 5) is 11.5. The Morgan fingerprint density at radius 2 is 2.29 bits per heavy atom. The van der Waals surface area contributed by atoms with E-state index in [2.05, 4.69) is 10.6 Å². The van der Waals surface area contributed by atoms with E-state index in [4.69, 9.17) is 4.74 Å². The Morgan fingerprint density at radius 1 is 1.53 bits per heavy atom. The number of aliphatic hydroxyl groups is 1. The van der Waals surface area contributed by atoms with Gasteiger partial charge in [0.1, 0.15) is 0 Å². The van der Waals surface area contributed by atoms with E-state index in [1.54, 1.807) is 0 Å². The summed E-state index contributed by atoms with van der Waals surface area (Å²) in [5.41, 5.74) is -0.828. The fourth-order valence-electron chi connectivity index (χ4n) is 1.68. The van der Waals surface area contributed by atoms with Crippen molar-refractivity contribution in [3.63, 3.8) is 0 Å². The summed E-state index contributed by atoms with van der Waals surface area (Å²) >= 11 is 1.46. The van der Waals surface area contributed by atoms with Gasteiger partial charge in [-0.15, -0.1) is 11.3 Å². The molecule has 0 radical (unpaired) electrons. The largest absolute Gasteiger partial charge is 0.388 e. The Morgan fingerprint density at radius 3 is 2.94 bits per heavy atom. The second kappa shape index (κ2) is 5.48. The third-order valence-corrected chi connectivity index (χ3v) is 3.54. The molecule has 3 N–H and O–H groups in total. The smallest absolute Gasteiger partial charge is 0.319 e. The van der Waals surface area contributed by atoms with E-state index in [1.807, 2.05) is 17.5 Å². The standard InChI is InChI=1S/C11H16N2O3S/c14-10(13-9-2-1-7-17-9)12-8-11(15)3-5-16-6-4-11/h1-2,7,15H,3-6,8H2,(H2,12,13,14). The molecule has 2 amide bonds. The van der Waals surface area contributed by atoms with Crippen molar-refractivity contribution in [2.75, 3.05) is 25.1 Å². The predicted octanol–water partition coefficient (Wildman–Crippen LogP) is 1.41. The number of ether oxygens (including phenoxy) is 1. The Balaban J connectivity index is 1.75. The number of amides is 2. The van der Waals surface area contributed by atoms with Gasteiger partial charge >= 0.3 is 6.03 Å². The quantitative estimate of drug-likeness (QED) is 0.766. The van der Waals surface area contributed by atoms with Gasteiger partial charge in [-0.05, 0) is 17.5 Å². The zero-order valence-electron chi connectivity index (χ0n) is 9.44. The van der Waals surface area contributed by atoms with Gasteiger partial charge in [-0.2, -0.15) is 0 Å². The fourth-order valence-corrected chi connectivity index (χ4v) is 2.29. The summed E-state index contributed by atoms with van der Waals surface area (Å²) in [7, 11) is 0. The zero-order chi connectivity index (χ0) is 12.1. The Hall–Kier alpha value is -1.11. The van der Waals surface area contributed by atoms with Crippen LogP contribution in [0.2, 0.25) is 0 Å². The minimum Gasteiger partial charge on any atom is -0.388 e. The molecule has 0 spiro atoms. The minimum atomic E-state index is -0.828. The van der Waals surface area contributed by atoms with Crippen LogP contribution in [-0.4, -0.2) is 36.5 Å². The van der Waals surface area contributed by atoms with Crippen LogP contribution in [0.5, 0.6) is 0 Å². The lowest BCUT2D eigenvalue weighted by Gasteiger charge is -2.31. The first-order valence-electron chi connectivity index (χ1n) is 5.56.